The van der Waals surface area contributed by atoms with Gasteiger partial charge in [0, 0.05) is 12.1 Å². The second-order valence-corrected chi connectivity index (χ2v) is 3.21. The van der Waals surface area contributed by atoms with Gasteiger partial charge in [-0.15, -0.1) is 0 Å². The summed E-state index contributed by atoms with van der Waals surface area (Å²) in [5.41, 5.74) is 3.49. The summed E-state index contributed by atoms with van der Waals surface area (Å²) in [5.74, 6) is 0.123. The van der Waals surface area contributed by atoms with Gasteiger partial charge in [-0.1, -0.05) is 23.8 Å². The van der Waals surface area contributed by atoms with Crippen molar-refractivity contribution in [2.75, 3.05) is 0 Å². The van der Waals surface area contributed by atoms with Crippen LogP contribution in [-0.4, -0.2) is 5.91 Å². The number of hydrogen-bond donors (Lipinski definition) is 1. The largest absolute Gasteiger partial charge is 0.329 e. The van der Waals surface area contributed by atoms with Gasteiger partial charge in [0.15, 0.2) is 0 Å². The van der Waals surface area contributed by atoms with Crippen LogP contribution in [0.1, 0.15) is 19.8 Å². The molecule has 2 heteroatoms. The van der Waals surface area contributed by atoms with E-state index in [1.165, 1.54) is 5.57 Å². The molecule has 12 heavy (non-hydrogen) atoms. The van der Waals surface area contributed by atoms with Crippen LogP contribution >= 0.6 is 0 Å². The second-order valence-electron chi connectivity index (χ2n) is 3.21. The molecule has 1 aliphatic heterocycles. The lowest BCUT2D eigenvalue weighted by Gasteiger charge is -1.97. The Labute approximate surface area is 71.7 Å². The third-order valence-electron chi connectivity index (χ3n) is 2.20. The Bertz CT molecular complexity index is 321. The maximum Gasteiger partial charge on any atom is 0.228 e. The fourth-order valence-electron chi connectivity index (χ4n) is 1.48. The molecule has 1 N–H and O–H groups in total. The summed E-state index contributed by atoms with van der Waals surface area (Å²) < 4.78 is 0. The molecular formula is C10H11NO. The van der Waals surface area contributed by atoms with E-state index in [0.717, 1.165) is 17.7 Å². The Kier molecular flexibility index (Phi) is 1.61. The van der Waals surface area contributed by atoms with E-state index in [2.05, 4.69) is 24.4 Å². The third kappa shape index (κ3) is 1.20. The average Bonchev–Trinajstić information content (AvgIpc) is 2.31. The van der Waals surface area contributed by atoms with Crippen molar-refractivity contribution in [3.05, 3.63) is 35.1 Å². The van der Waals surface area contributed by atoms with E-state index < -0.39 is 0 Å². The van der Waals surface area contributed by atoms with Gasteiger partial charge in [-0.05, 0) is 12.5 Å². The molecule has 0 saturated carbocycles. The average molecular weight is 161 g/mol. The van der Waals surface area contributed by atoms with E-state index in [9.17, 15) is 4.79 Å². The minimum Gasteiger partial charge on any atom is -0.329 e. The first kappa shape index (κ1) is 7.35. The molecule has 1 heterocycles. The quantitative estimate of drug-likeness (QED) is 0.575. The maximum absolute atomic E-state index is 11.0. The van der Waals surface area contributed by atoms with Crippen molar-refractivity contribution in [3.8, 4) is 0 Å². The normalized spacial score (nSPS) is 21.8. The minimum atomic E-state index is 0.123. The molecule has 1 amide bonds. The molecule has 0 fully saturated rings. The Morgan fingerprint density at radius 1 is 1.42 bits per heavy atom. The van der Waals surface area contributed by atoms with Crippen LogP contribution in [0.2, 0.25) is 0 Å². The summed E-state index contributed by atoms with van der Waals surface area (Å²) in [7, 11) is 0. The molecule has 0 unspecified atom stereocenters. The molecule has 0 aromatic carbocycles. The van der Waals surface area contributed by atoms with Crippen molar-refractivity contribution >= 4 is 5.91 Å². The van der Waals surface area contributed by atoms with Crippen LogP contribution in [0.4, 0.5) is 0 Å². The number of carbonyl (C=O) groups is 1. The Morgan fingerprint density at radius 2 is 2.25 bits per heavy atom. The minimum absolute atomic E-state index is 0.123. The summed E-state index contributed by atoms with van der Waals surface area (Å²) in [6, 6.07) is 0. The first-order valence-electron chi connectivity index (χ1n) is 4.12. The number of hydrogen-bond acceptors (Lipinski definition) is 1. The zero-order valence-electron chi connectivity index (χ0n) is 7.05. The molecule has 2 nitrogen and oxygen atoms in total. The predicted molar refractivity (Wildman–Crippen MR) is 47.3 cm³/mol. The van der Waals surface area contributed by atoms with Crippen molar-refractivity contribution in [1.82, 2.24) is 5.32 Å². The van der Waals surface area contributed by atoms with Crippen LogP contribution in [0.15, 0.2) is 35.1 Å². The first-order chi connectivity index (χ1) is 5.75. The van der Waals surface area contributed by atoms with Crippen LogP contribution in [0, 0.1) is 0 Å². The molecule has 0 spiro atoms. The van der Waals surface area contributed by atoms with Crippen molar-refractivity contribution in [1.29, 1.82) is 0 Å². The fraction of sp³-hybridized carbons (Fsp3) is 0.300. The van der Waals surface area contributed by atoms with E-state index in [0.29, 0.717) is 6.42 Å². The Morgan fingerprint density at radius 3 is 3.08 bits per heavy atom. The highest BCUT2D eigenvalue weighted by Crippen LogP contribution is 2.22. The molecular weight excluding hydrogens is 150 g/mol. The van der Waals surface area contributed by atoms with Gasteiger partial charge < -0.3 is 5.32 Å². The summed E-state index contributed by atoms with van der Waals surface area (Å²) in [6.45, 7) is 2.07. The van der Waals surface area contributed by atoms with Gasteiger partial charge in [0.25, 0.3) is 0 Å². The number of carbonyl (C=O) groups excluding carboxylic acids is 1. The molecule has 2 aliphatic rings. The van der Waals surface area contributed by atoms with E-state index >= 15 is 0 Å². The summed E-state index contributed by atoms with van der Waals surface area (Å²) in [4.78, 5) is 11.0. The molecule has 0 radical (unpaired) electrons. The molecule has 0 bridgehead atoms. The van der Waals surface area contributed by atoms with Crippen LogP contribution in [0.5, 0.6) is 0 Å². The summed E-state index contributed by atoms with van der Waals surface area (Å²) in [5, 5.41) is 2.86. The lowest BCUT2D eigenvalue weighted by Crippen LogP contribution is -2.14. The van der Waals surface area contributed by atoms with Gasteiger partial charge >= 0.3 is 0 Å². The topological polar surface area (TPSA) is 29.1 Å². The lowest BCUT2D eigenvalue weighted by molar-refractivity contribution is -0.118. The molecule has 62 valence electrons. The maximum atomic E-state index is 11.0. The van der Waals surface area contributed by atoms with Crippen molar-refractivity contribution < 1.29 is 4.79 Å². The van der Waals surface area contributed by atoms with Gasteiger partial charge in [-0.3, -0.25) is 4.79 Å². The standard InChI is InChI=1S/C10H11NO/c1-7-2-4-8-6-10(12)11-9(8)5-3-7/h2-4H,5-6H2,1H3,(H,11,12). The molecule has 0 atom stereocenters. The highest BCUT2D eigenvalue weighted by Gasteiger charge is 2.18. The molecule has 2 rings (SSSR count). The van der Waals surface area contributed by atoms with E-state index in [4.69, 9.17) is 0 Å². The highest BCUT2D eigenvalue weighted by atomic mass is 16.1. The van der Waals surface area contributed by atoms with Crippen molar-refractivity contribution in [2.24, 2.45) is 0 Å². The van der Waals surface area contributed by atoms with Crippen molar-refractivity contribution in [3.63, 3.8) is 0 Å². The zero-order valence-corrected chi connectivity index (χ0v) is 7.05. The lowest BCUT2D eigenvalue weighted by atomic mass is 10.1. The summed E-state index contributed by atoms with van der Waals surface area (Å²) >= 11 is 0. The zero-order chi connectivity index (χ0) is 8.55. The number of allylic oxidation sites excluding steroid dienone is 4. The van der Waals surface area contributed by atoms with Gasteiger partial charge in [-0.25, -0.2) is 0 Å². The summed E-state index contributed by atoms with van der Waals surface area (Å²) in [6.07, 6.45) is 7.63. The smallest absolute Gasteiger partial charge is 0.228 e. The Hall–Kier alpha value is -1.31. The van der Waals surface area contributed by atoms with E-state index in [1.807, 2.05) is 6.08 Å². The second kappa shape index (κ2) is 2.63. The van der Waals surface area contributed by atoms with Crippen LogP contribution in [0.3, 0.4) is 0 Å². The first-order valence-corrected chi connectivity index (χ1v) is 4.12. The van der Waals surface area contributed by atoms with Gasteiger partial charge in [0.2, 0.25) is 5.91 Å². The van der Waals surface area contributed by atoms with Crippen LogP contribution in [-0.2, 0) is 4.79 Å². The third-order valence-corrected chi connectivity index (χ3v) is 2.20. The molecule has 0 aromatic rings. The van der Waals surface area contributed by atoms with Crippen LogP contribution in [0.25, 0.3) is 0 Å². The van der Waals surface area contributed by atoms with Crippen molar-refractivity contribution in [2.45, 2.75) is 19.8 Å². The van der Waals surface area contributed by atoms with E-state index in [1.54, 1.807) is 0 Å². The van der Waals surface area contributed by atoms with E-state index in [-0.39, 0.29) is 5.91 Å². The van der Waals surface area contributed by atoms with Gasteiger partial charge in [0.05, 0.1) is 6.42 Å². The number of rotatable bonds is 0. The number of nitrogens with one attached hydrogen (secondary N) is 1. The molecule has 1 aliphatic carbocycles. The van der Waals surface area contributed by atoms with Crippen LogP contribution < -0.4 is 5.32 Å². The van der Waals surface area contributed by atoms with Gasteiger partial charge in [-0.2, -0.15) is 0 Å². The predicted octanol–water partition coefficient (Wildman–Crippen LogP) is 1.67. The molecule has 0 aromatic heterocycles. The van der Waals surface area contributed by atoms with Gasteiger partial charge in [0.1, 0.15) is 0 Å². The highest BCUT2D eigenvalue weighted by molar-refractivity contribution is 5.85. The SMILES string of the molecule is CC1=CCC2=C(C=C1)CC(=O)N2. The molecule has 0 saturated heterocycles. The fourth-order valence-corrected chi connectivity index (χ4v) is 1.48. The Balaban J connectivity index is 2.28. The number of amides is 1. The monoisotopic (exact) mass is 161 g/mol.